The second kappa shape index (κ2) is 8.41. The van der Waals surface area contributed by atoms with E-state index in [0.717, 1.165) is 12.5 Å². The molecule has 0 saturated heterocycles. The monoisotopic (exact) mass is 304 g/mol. The van der Waals surface area contributed by atoms with Crippen LogP contribution in [0.2, 0.25) is 0 Å². The summed E-state index contributed by atoms with van der Waals surface area (Å²) in [6, 6.07) is 10.2. The highest BCUT2D eigenvalue weighted by Gasteiger charge is 2.20. The molecule has 0 saturated carbocycles. The van der Waals surface area contributed by atoms with Gasteiger partial charge in [-0.25, -0.2) is 0 Å². The Bertz CT molecular complexity index is 491. The van der Waals surface area contributed by atoms with E-state index in [1.165, 1.54) is 5.56 Å². The molecule has 5 heteroatoms. The average Bonchev–Trinajstić information content (AvgIpc) is 2.47. The number of amides is 1. The Hall–Kier alpha value is -2.04. The maximum absolute atomic E-state index is 11.8. The molecule has 0 aliphatic heterocycles. The highest BCUT2D eigenvalue weighted by atomic mass is 16.2. The summed E-state index contributed by atoms with van der Waals surface area (Å²) in [5, 5.41) is 6.17. The molecule has 0 aliphatic carbocycles. The Morgan fingerprint density at radius 2 is 1.73 bits per heavy atom. The van der Waals surface area contributed by atoms with Crippen LogP contribution < -0.4 is 10.6 Å². The number of hydrogen-bond acceptors (Lipinski definition) is 2. The van der Waals surface area contributed by atoms with E-state index in [-0.39, 0.29) is 11.3 Å². The molecule has 0 fully saturated rings. The molecule has 0 aliphatic rings. The summed E-state index contributed by atoms with van der Waals surface area (Å²) >= 11 is 0. The van der Waals surface area contributed by atoms with Crippen LogP contribution in [0, 0.1) is 5.41 Å². The normalized spacial score (nSPS) is 12.0. The molecule has 0 radical (unpaired) electrons. The van der Waals surface area contributed by atoms with Gasteiger partial charge in [0.25, 0.3) is 0 Å². The number of rotatable bonds is 5. The number of nitrogens with zero attached hydrogens (tertiary/aromatic N) is 2. The van der Waals surface area contributed by atoms with Crippen molar-refractivity contribution in [2.75, 3.05) is 27.2 Å². The molecule has 1 amide bonds. The number of aliphatic imine (C=N–C) groups is 1. The van der Waals surface area contributed by atoms with Crippen LogP contribution in [0.25, 0.3) is 0 Å². The van der Waals surface area contributed by atoms with Gasteiger partial charge in [0.15, 0.2) is 5.96 Å². The van der Waals surface area contributed by atoms with Crippen LogP contribution in [-0.4, -0.2) is 44.0 Å². The van der Waals surface area contributed by atoms with Gasteiger partial charge < -0.3 is 15.5 Å². The first-order valence-electron chi connectivity index (χ1n) is 7.58. The van der Waals surface area contributed by atoms with Crippen molar-refractivity contribution in [2.45, 2.75) is 27.3 Å². The van der Waals surface area contributed by atoms with Crippen molar-refractivity contribution in [3.8, 4) is 0 Å². The fourth-order valence-corrected chi connectivity index (χ4v) is 1.93. The molecule has 0 heterocycles. The molecule has 0 unspecified atom stereocenters. The highest BCUT2D eigenvalue weighted by Crippen LogP contribution is 2.11. The van der Waals surface area contributed by atoms with Crippen molar-refractivity contribution in [1.29, 1.82) is 0 Å². The first-order chi connectivity index (χ1) is 10.3. The molecule has 0 atom stereocenters. The van der Waals surface area contributed by atoms with Crippen LogP contribution in [-0.2, 0) is 11.3 Å². The molecule has 1 aromatic carbocycles. The van der Waals surface area contributed by atoms with Gasteiger partial charge in [-0.1, -0.05) is 51.1 Å². The van der Waals surface area contributed by atoms with E-state index in [1.807, 2.05) is 46.0 Å². The highest BCUT2D eigenvalue weighted by molar-refractivity contribution is 5.81. The van der Waals surface area contributed by atoms with Crippen molar-refractivity contribution in [3.63, 3.8) is 0 Å². The van der Waals surface area contributed by atoms with Gasteiger partial charge in [-0.15, -0.1) is 0 Å². The van der Waals surface area contributed by atoms with E-state index in [9.17, 15) is 4.79 Å². The Morgan fingerprint density at radius 3 is 2.27 bits per heavy atom. The third kappa shape index (κ3) is 6.16. The van der Waals surface area contributed by atoms with Crippen molar-refractivity contribution in [2.24, 2.45) is 10.4 Å². The molecule has 1 rings (SSSR count). The van der Waals surface area contributed by atoms with Crippen molar-refractivity contribution >= 4 is 11.9 Å². The first-order valence-corrected chi connectivity index (χ1v) is 7.58. The maximum Gasteiger partial charge on any atom is 0.225 e. The van der Waals surface area contributed by atoms with Crippen molar-refractivity contribution in [1.82, 2.24) is 15.5 Å². The first kappa shape index (κ1) is 18.0. The maximum atomic E-state index is 11.8. The van der Waals surface area contributed by atoms with E-state index < -0.39 is 0 Å². The number of hydrogen-bond donors (Lipinski definition) is 2. The van der Waals surface area contributed by atoms with Crippen LogP contribution >= 0.6 is 0 Å². The quantitative estimate of drug-likeness (QED) is 0.496. The minimum atomic E-state index is -0.355. The molecule has 122 valence electrons. The van der Waals surface area contributed by atoms with Crippen molar-refractivity contribution in [3.05, 3.63) is 35.9 Å². The predicted octanol–water partition coefficient (Wildman–Crippen LogP) is 1.86. The van der Waals surface area contributed by atoms with Gasteiger partial charge in [0.1, 0.15) is 0 Å². The Labute approximate surface area is 133 Å². The second-order valence-corrected chi connectivity index (χ2v) is 6.32. The Kier molecular flexibility index (Phi) is 6.89. The molecule has 5 nitrogen and oxygen atoms in total. The van der Waals surface area contributed by atoms with E-state index in [4.69, 9.17) is 0 Å². The molecule has 0 aromatic heterocycles. The molecule has 22 heavy (non-hydrogen) atoms. The summed E-state index contributed by atoms with van der Waals surface area (Å²) in [6.07, 6.45) is 0. The lowest BCUT2D eigenvalue weighted by Crippen LogP contribution is -2.43. The lowest BCUT2D eigenvalue weighted by Gasteiger charge is -2.23. The van der Waals surface area contributed by atoms with E-state index >= 15 is 0 Å². The van der Waals surface area contributed by atoms with E-state index in [0.29, 0.717) is 13.1 Å². The molecule has 0 bridgehead atoms. The smallest absolute Gasteiger partial charge is 0.225 e. The Morgan fingerprint density at radius 1 is 1.14 bits per heavy atom. The zero-order chi connectivity index (χ0) is 16.6. The summed E-state index contributed by atoms with van der Waals surface area (Å²) in [5.74, 6) is 0.871. The lowest BCUT2D eigenvalue weighted by atomic mass is 9.96. The number of guanidine groups is 1. The van der Waals surface area contributed by atoms with Crippen LogP contribution in [0.3, 0.4) is 0 Å². The fraction of sp³-hybridized carbons (Fsp3) is 0.529. The van der Waals surface area contributed by atoms with Gasteiger partial charge in [0.2, 0.25) is 5.91 Å². The van der Waals surface area contributed by atoms with E-state index in [2.05, 4.69) is 32.7 Å². The number of carbonyl (C=O) groups is 1. The average molecular weight is 304 g/mol. The summed E-state index contributed by atoms with van der Waals surface area (Å²) in [4.78, 5) is 18.1. The number of carbonyl (C=O) groups excluding carboxylic acids is 1. The molecule has 1 aromatic rings. The summed E-state index contributed by atoms with van der Waals surface area (Å²) in [5.41, 5.74) is 0.875. The summed E-state index contributed by atoms with van der Waals surface area (Å²) < 4.78 is 0. The fourth-order valence-electron chi connectivity index (χ4n) is 1.93. The van der Waals surface area contributed by atoms with Gasteiger partial charge in [-0.3, -0.25) is 9.79 Å². The minimum absolute atomic E-state index is 0.0573. The van der Waals surface area contributed by atoms with Gasteiger partial charge in [0, 0.05) is 39.1 Å². The second-order valence-electron chi connectivity index (χ2n) is 6.32. The zero-order valence-corrected chi connectivity index (χ0v) is 14.3. The molecular weight excluding hydrogens is 276 g/mol. The SMILES string of the molecule is CN=C(NCCNC(=O)C(C)(C)C)N(C)Cc1ccccc1. The van der Waals surface area contributed by atoms with E-state index in [1.54, 1.807) is 7.05 Å². The van der Waals surface area contributed by atoms with Crippen LogP contribution in [0.15, 0.2) is 35.3 Å². The molecule has 0 spiro atoms. The number of benzene rings is 1. The number of nitrogens with one attached hydrogen (secondary N) is 2. The minimum Gasteiger partial charge on any atom is -0.354 e. The largest absolute Gasteiger partial charge is 0.354 e. The molecular formula is C17H28N4O. The third-order valence-electron chi connectivity index (χ3n) is 3.21. The summed E-state index contributed by atoms with van der Waals surface area (Å²) in [6.45, 7) is 7.73. The Balaban J connectivity index is 2.38. The van der Waals surface area contributed by atoms with Crippen molar-refractivity contribution < 1.29 is 4.79 Å². The predicted molar refractivity (Wildman–Crippen MR) is 91.7 cm³/mol. The van der Waals surface area contributed by atoms with Gasteiger partial charge in [-0.05, 0) is 5.56 Å². The zero-order valence-electron chi connectivity index (χ0n) is 14.3. The van der Waals surface area contributed by atoms with Gasteiger partial charge in [0.05, 0.1) is 0 Å². The van der Waals surface area contributed by atoms with Gasteiger partial charge >= 0.3 is 0 Å². The topological polar surface area (TPSA) is 56.7 Å². The van der Waals surface area contributed by atoms with Crippen LogP contribution in [0.1, 0.15) is 26.3 Å². The van der Waals surface area contributed by atoms with Crippen LogP contribution in [0.5, 0.6) is 0 Å². The van der Waals surface area contributed by atoms with Crippen LogP contribution in [0.4, 0.5) is 0 Å². The van der Waals surface area contributed by atoms with Gasteiger partial charge in [-0.2, -0.15) is 0 Å². The lowest BCUT2D eigenvalue weighted by molar-refractivity contribution is -0.128. The summed E-state index contributed by atoms with van der Waals surface area (Å²) in [7, 11) is 3.76. The standard InChI is InChI=1S/C17H28N4O/c1-17(2,3)15(22)19-11-12-20-16(18-4)21(5)13-14-9-7-6-8-10-14/h6-10H,11-13H2,1-5H3,(H,18,20)(H,19,22). The third-order valence-corrected chi connectivity index (χ3v) is 3.21. The molecule has 2 N–H and O–H groups in total.